The standard InChI is InChI=1S/C29H26FNO5S/c1-16-12-21(10-11-24(16)36-29(4,5)28(33)34)35-22-14-19(13-20(30)15-22)18(3)31-27(32)26-17(2)23-8-6-7-9-25(23)37-26/h6-15H,3H2,1-2,4-5H3,(H,31,32)(H,33,34). The van der Waals surface area contributed by atoms with E-state index >= 15 is 0 Å². The van der Waals surface area contributed by atoms with E-state index in [0.29, 0.717) is 27.5 Å². The van der Waals surface area contributed by atoms with Gasteiger partial charge in [-0.2, -0.15) is 0 Å². The Kier molecular flexibility index (Phi) is 7.05. The van der Waals surface area contributed by atoms with Gasteiger partial charge >= 0.3 is 5.97 Å². The number of aliphatic carboxylic acids is 1. The smallest absolute Gasteiger partial charge is 0.347 e. The van der Waals surface area contributed by atoms with Crippen LogP contribution in [-0.4, -0.2) is 22.6 Å². The van der Waals surface area contributed by atoms with Crippen molar-refractivity contribution >= 4 is 39.0 Å². The third kappa shape index (κ3) is 5.65. The summed E-state index contributed by atoms with van der Waals surface area (Å²) in [6.45, 7) is 10.5. The van der Waals surface area contributed by atoms with Gasteiger partial charge in [0, 0.05) is 22.0 Å². The van der Waals surface area contributed by atoms with E-state index in [4.69, 9.17) is 9.47 Å². The molecule has 37 heavy (non-hydrogen) atoms. The van der Waals surface area contributed by atoms with Gasteiger partial charge in [0.25, 0.3) is 5.91 Å². The summed E-state index contributed by atoms with van der Waals surface area (Å²) in [5, 5.41) is 13.1. The molecule has 190 valence electrons. The molecule has 4 rings (SSSR count). The Balaban J connectivity index is 1.51. The van der Waals surface area contributed by atoms with Crippen LogP contribution in [-0.2, 0) is 4.79 Å². The number of fused-ring (bicyclic) bond motifs is 1. The normalized spacial score (nSPS) is 11.3. The van der Waals surface area contributed by atoms with Gasteiger partial charge < -0.3 is 19.9 Å². The minimum atomic E-state index is -1.40. The van der Waals surface area contributed by atoms with Crippen LogP contribution in [0.15, 0.2) is 67.2 Å². The van der Waals surface area contributed by atoms with Crippen LogP contribution in [0.5, 0.6) is 17.2 Å². The highest BCUT2D eigenvalue weighted by Gasteiger charge is 2.30. The molecule has 0 aliphatic carbocycles. The van der Waals surface area contributed by atoms with Gasteiger partial charge in [0.2, 0.25) is 0 Å². The van der Waals surface area contributed by atoms with E-state index in [-0.39, 0.29) is 17.4 Å². The third-order valence-corrected chi connectivity index (χ3v) is 7.07. The van der Waals surface area contributed by atoms with Gasteiger partial charge in [-0.15, -0.1) is 11.3 Å². The van der Waals surface area contributed by atoms with Crippen molar-refractivity contribution in [2.75, 3.05) is 0 Å². The summed E-state index contributed by atoms with van der Waals surface area (Å²) in [6, 6.07) is 16.7. The molecule has 0 bridgehead atoms. The summed E-state index contributed by atoms with van der Waals surface area (Å²) in [6.07, 6.45) is 0. The molecule has 8 heteroatoms. The average molecular weight is 520 g/mol. The number of rotatable bonds is 8. The first kappa shape index (κ1) is 25.9. The van der Waals surface area contributed by atoms with Gasteiger partial charge in [0.1, 0.15) is 23.1 Å². The predicted octanol–water partition coefficient (Wildman–Crippen LogP) is 7.09. The minimum absolute atomic E-state index is 0.211. The quantitative estimate of drug-likeness (QED) is 0.260. The first-order valence-electron chi connectivity index (χ1n) is 11.4. The van der Waals surface area contributed by atoms with Crippen molar-refractivity contribution in [3.63, 3.8) is 0 Å². The Morgan fingerprint density at radius 3 is 2.43 bits per heavy atom. The maximum Gasteiger partial charge on any atom is 0.347 e. The van der Waals surface area contributed by atoms with E-state index < -0.39 is 17.4 Å². The summed E-state index contributed by atoms with van der Waals surface area (Å²) in [5.41, 5.74) is 0.732. The number of hydrogen-bond acceptors (Lipinski definition) is 5. The molecule has 1 amide bonds. The first-order chi connectivity index (χ1) is 17.4. The van der Waals surface area contributed by atoms with E-state index in [0.717, 1.165) is 15.6 Å². The molecule has 1 aromatic heterocycles. The molecule has 3 aromatic carbocycles. The van der Waals surface area contributed by atoms with Gasteiger partial charge in [-0.05, 0) is 80.6 Å². The number of carboxylic acid groups (broad SMARTS) is 1. The molecule has 0 fully saturated rings. The summed E-state index contributed by atoms with van der Waals surface area (Å²) >= 11 is 1.39. The second-order valence-corrected chi connectivity index (χ2v) is 10.2. The Morgan fingerprint density at radius 2 is 1.76 bits per heavy atom. The lowest BCUT2D eigenvalue weighted by Gasteiger charge is -2.23. The minimum Gasteiger partial charge on any atom is -0.478 e. The van der Waals surface area contributed by atoms with E-state index in [2.05, 4.69) is 11.9 Å². The fourth-order valence-electron chi connectivity index (χ4n) is 3.71. The summed E-state index contributed by atoms with van der Waals surface area (Å²) in [7, 11) is 0. The van der Waals surface area contributed by atoms with E-state index in [1.54, 1.807) is 31.2 Å². The lowest BCUT2D eigenvalue weighted by molar-refractivity contribution is -0.152. The highest BCUT2D eigenvalue weighted by atomic mass is 32.1. The van der Waals surface area contributed by atoms with Crippen molar-refractivity contribution in [2.24, 2.45) is 0 Å². The molecule has 0 radical (unpaired) electrons. The number of benzene rings is 3. The zero-order chi connectivity index (χ0) is 26.9. The molecule has 0 atom stereocenters. The number of amides is 1. The molecular formula is C29H26FNO5S. The molecule has 1 heterocycles. The fraction of sp³-hybridized carbons (Fsp3) is 0.172. The molecule has 0 unspecified atom stereocenters. The van der Waals surface area contributed by atoms with Crippen molar-refractivity contribution in [2.45, 2.75) is 33.3 Å². The highest BCUT2D eigenvalue weighted by molar-refractivity contribution is 7.21. The topological polar surface area (TPSA) is 84.9 Å². The lowest BCUT2D eigenvalue weighted by atomic mass is 10.1. The number of hydrogen-bond donors (Lipinski definition) is 2. The number of ether oxygens (including phenoxy) is 2. The van der Waals surface area contributed by atoms with Crippen molar-refractivity contribution in [3.8, 4) is 17.2 Å². The average Bonchev–Trinajstić information content (AvgIpc) is 3.17. The first-order valence-corrected chi connectivity index (χ1v) is 12.3. The molecule has 6 nitrogen and oxygen atoms in total. The van der Waals surface area contributed by atoms with Crippen LogP contribution in [0.1, 0.15) is 40.2 Å². The number of nitrogens with one attached hydrogen (secondary N) is 1. The third-order valence-electron chi connectivity index (χ3n) is 5.80. The highest BCUT2D eigenvalue weighted by Crippen LogP contribution is 2.33. The predicted molar refractivity (Wildman–Crippen MR) is 143 cm³/mol. The second-order valence-electron chi connectivity index (χ2n) is 9.11. The van der Waals surface area contributed by atoms with Crippen LogP contribution >= 0.6 is 11.3 Å². The zero-order valence-electron chi connectivity index (χ0n) is 20.8. The van der Waals surface area contributed by atoms with Crippen molar-refractivity contribution in [1.82, 2.24) is 5.32 Å². The van der Waals surface area contributed by atoms with Crippen molar-refractivity contribution in [3.05, 3.63) is 94.6 Å². The largest absolute Gasteiger partial charge is 0.478 e. The van der Waals surface area contributed by atoms with E-state index in [9.17, 15) is 19.1 Å². The molecule has 0 saturated carbocycles. The summed E-state index contributed by atoms with van der Waals surface area (Å²) in [4.78, 5) is 24.9. The molecule has 4 aromatic rings. The number of thiophene rings is 1. The van der Waals surface area contributed by atoms with Crippen LogP contribution < -0.4 is 14.8 Å². The van der Waals surface area contributed by atoms with Crippen LogP contribution in [0, 0.1) is 19.7 Å². The Hall–Kier alpha value is -4.17. The van der Waals surface area contributed by atoms with Crippen molar-refractivity contribution < 1.29 is 28.6 Å². The Bertz CT molecular complexity index is 1540. The molecule has 0 aliphatic rings. The number of carbonyl (C=O) groups is 2. The Morgan fingerprint density at radius 1 is 1.03 bits per heavy atom. The number of carbonyl (C=O) groups excluding carboxylic acids is 1. The van der Waals surface area contributed by atoms with Gasteiger partial charge in [-0.1, -0.05) is 24.8 Å². The molecule has 0 spiro atoms. The number of halogens is 1. The molecule has 0 saturated heterocycles. The number of aryl methyl sites for hydroxylation is 2. The summed E-state index contributed by atoms with van der Waals surface area (Å²) in [5.74, 6) is -0.944. The van der Waals surface area contributed by atoms with Crippen LogP contribution in [0.25, 0.3) is 15.8 Å². The maximum atomic E-state index is 14.5. The van der Waals surface area contributed by atoms with Crippen LogP contribution in [0.4, 0.5) is 4.39 Å². The SMILES string of the molecule is C=C(NC(=O)c1sc2ccccc2c1C)c1cc(F)cc(Oc2ccc(OC(C)(C)C(=O)O)c(C)c2)c1. The summed E-state index contributed by atoms with van der Waals surface area (Å²) < 4.78 is 26.9. The van der Waals surface area contributed by atoms with Gasteiger partial charge in [-0.25, -0.2) is 9.18 Å². The zero-order valence-corrected chi connectivity index (χ0v) is 21.7. The molecule has 0 aliphatic heterocycles. The van der Waals surface area contributed by atoms with Crippen molar-refractivity contribution in [1.29, 1.82) is 0 Å². The van der Waals surface area contributed by atoms with Gasteiger partial charge in [0.05, 0.1) is 4.88 Å². The van der Waals surface area contributed by atoms with Gasteiger partial charge in [0.15, 0.2) is 5.60 Å². The lowest BCUT2D eigenvalue weighted by Crippen LogP contribution is -2.38. The van der Waals surface area contributed by atoms with E-state index in [1.165, 1.54) is 37.3 Å². The van der Waals surface area contributed by atoms with Crippen LogP contribution in [0.3, 0.4) is 0 Å². The maximum absolute atomic E-state index is 14.5. The molecule has 2 N–H and O–H groups in total. The molecular weight excluding hydrogens is 493 g/mol. The van der Waals surface area contributed by atoms with Gasteiger partial charge in [-0.3, -0.25) is 4.79 Å². The Labute approximate surface area is 218 Å². The fourth-order valence-corrected chi connectivity index (χ4v) is 4.81. The van der Waals surface area contributed by atoms with E-state index in [1.807, 2.05) is 31.2 Å². The van der Waals surface area contributed by atoms with Crippen LogP contribution in [0.2, 0.25) is 0 Å². The number of carboxylic acids is 1. The monoisotopic (exact) mass is 519 g/mol. The second kappa shape index (κ2) is 10.1.